The molecule has 0 aliphatic carbocycles. The van der Waals surface area contributed by atoms with Crippen molar-refractivity contribution in [2.45, 2.75) is 136 Å². The molecule has 0 spiro atoms. The molecule has 68 nitrogen and oxygen atoms in total. The van der Waals surface area contributed by atoms with Gasteiger partial charge >= 0.3 is 559 Å². The number of ether oxygens (including phenoxy) is 8. The van der Waals surface area contributed by atoms with Crippen molar-refractivity contribution in [3.63, 3.8) is 0 Å². The quantitative estimate of drug-likeness (QED) is 0.0216. The fourth-order valence-electron chi connectivity index (χ4n) is 10.4. The van der Waals surface area contributed by atoms with Gasteiger partial charge in [-0.3, -0.25) is 73.3 Å². The molecule has 0 saturated carbocycles. The van der Waals surface area contributed by atoms with E-state index < -0.39 is 331 Å². The molecule has 6 rings (SSSR count). The van der Waals surface area contributed by atoms with Crippen LogP contribution in [0, 0.1) is 0 Å². The second-order valence-electron chi connectivity index (χ2n) is 23.0. The maximum atomic E-state index is 13.2. The van der Waals surface area contributed by atoms with E-state index >= 15 is 0 Å². The van der Waals surface area contributed by atoms with Crippen LogP contribution < -0.4 is 434 Å². The molecule has 20 atom stereocenters. The van der Waals surface area contributed by atoms with Crippen molar-refractivity contribution in [1.82, 2.24) is 0 Å². The van der Waals surface area contributed by atoms with Gasteiger partial charge in [0.2, 0.25) is 24.4 Å². The minimum absolute atomic E-state index is 0. The number of anilines is 2. The molecule has 4 heterocycles. The first kappa shape index (κ1) is 162. The van der Waals surface area contributed by atoms with E-state index in [2.05, 4.69) is 69.2 Å². The van der Waals surface area contributed by atoms with E-state index in [0.717, 1.165) is 48.5 Å². The van der Waals surface area contributed by atoms with E-state index in [1.807, 2.05) is 0 Å². The summed E-state index contributed by atoms with van der Waals surface area (Å²) in [6.07, 6.45) is -65.5. The van der Waals surface area contributed by atoms with Crippen molar-refractivity contribution in [3.05, 3.63) is 48.5 Å². The molecule has 16 N–H and O–H groups in total. The first-order chi connectivity index (χ1) is 54.9. The normalized spacial score (nSPS) is 25.7. The van der Waals surface area contributed by atoms with Crippen LogP contribution in [0.3, 0.4) is 0 Å². The van der Waals surface area contributed by atoms with Crippen LogP contribution >= 0.6 is 0 Å². The number of carbonyl (C=O) groups is 2. The molecule has 0 unspecified atom stereocenters. The summed E-state index contributed by atoms with van der Waals surface area (Å²) in [6.45, 7) is -7.86. The average molecular weight is 2390 g/mol. The summed E-state index contributed by atoms with van der Waals surface area (Å²) in [7, 11) is -86.0. The maximum Gasteiger partial charge on any atom is 1.00 e. The van der Waals surface area contributed by atoms with Gasteiger partial charge < -0.3 is 48.5 Å². The van der Waals surface area contributed by atoms with E-state index in [4.69, 9.17) is 37.9 Å². The zero-order valence-corrected chi connectivity index (χ0v) is 111. The van der Waals surface area contributed by atoms with Gasteiger partial charge in [-0.25, -0.2) is 58.6 Å². The molecule has 2 aromatic rings. The van der Waals surface area contributed by atoms with Crippen molar-refractivity contribution in [3.8, 4) is 11.5 Å². The molecular formula is C40H56N2Na14O66S14+14. The van der Waals surface area contributed by atoms with Crippen LogP contribution in [0.5, 0.6) is 11.5 Å². The summed E-state index contributed by atoms with van der Waals surface area (Å²) >= 11 is 0. The Labute approximate surface area is 1080 Å². The largest absolute Gasteiger partial charge is 1.00 e. The standard InChI is InChI=1S/C40H56N2O66S14.14Na/c43-23(41-15-1-5-17(6-2-15)91-37-33(105-119(75,76)77)29(101-115(63,64)65)25(19(93-37)11-87-109(45,46)47)97-39-35(107-121(81,82)83)31(103-117(69,70)71)27(99-113(57,58)59)21(95-39)13-89-111(51,52)53)9-10-24(44)42-16-3-7-18(8-4-16)92-38-34(106-120(78,79)80)30(102-116(66,67)68)26(20(94-38)12-88-110(48,49)50)98-40-36(108-122(84,85)86)32(104-118(72,73)74)28(100-114(60,61)62)22(96-40)14-90-112(54,55)56;;;;;;;;;;;;;;/h1-8,19-22,25-40H,9-14H2,(H,41,43)(H,42,44)(H,45,46,47)(H,48,49,50)(H,51,52,53)(H,54,55,56)(H,57,58,59)(H,60,61,62)(H,63,64,65)(H,66,67,68)(H,69,70,71)(H,72,73,74)(H,75,76,77)(H,78,79,80)(H,81,82,83)(H,84,85,86);;;;;;;;;;;;;;/q;14*+1/t19-,20-,21-,22-,25-,26-,27-,28-,29+,30+,31+,32+,33-,34-,35-,36-,37-,38-,39-,40-;;;;;;;;;;;;;;/m1............../s1. The number of rotatable bonds is 45. The van der Waals surface area contributed by atoms with Gasteiger partial charge in [-0.15, -0.1) is 0 Å². The maximum absolute atomic E-state index is 13.2. The average Bonchev–Trinajstić information content (AvgIpc) is 0.755. The van der Waals surface area contributed by atoms with Crippen molar-refractivity contribution in [2.75, 3.05) is 37.1 Å². The third-order valence-electron chi connectivity index (χ3n) is 14.2. The molecule has 4 aliphatic heterocycles. The van der Waals surface area contributed by atoms with Crippen LogP contribution in [0.4, 0.5) is 11.4 Å². The Morgan fingerprint density at radius 3 is 0.581 bits per heavy atom. The third kappa shape index (κ3) is 64.1. The molecule has 96 heteroatoms. The Kier molecular flexibility index (Phi) is 80.5. The number of benzene rings is 2. The molecule has 2 amide bonds. The van der Waals surface area contributed by atoms with Crippen molar-refractivity contribution in [2.24, 2.45) is 0 Å². The number of nitrogens with one attached hydrogen (secondary N) is 2. The summed E-state index contributed by atoms with van der Waals surface area (Å²) in [5.74, 6) is -3.63. The summed E-state index contributed by atoms with van der Waals surface area (Å²) in [6, 6.07) is 6.48. The van der Waals surface area contributed by atoms with Gasteiger partial charge in [-0.2, -0.15) is 118 Å². The van der Waals surface area contributed by atoms with Crippen LogP contribution in [0.15, 0.2) is 48.5 Å². The predicted octanol–water partition coefficient (Wildman–Crippen LogP) is -51.3. The zero-order valence-electron chi connectivity index (χ0n) is 71.6. The molecular weight excluding hydrogens is 2340 g/mol. The molecule has 4 aliphatic rings. The number of amides is 2. The van der Waals surface area contributed by atoms with Crippen LogP contribution in [0.2, 0.25) is 0 Å². The van der Waals surface area contributed by atoms with E-state index in [0.29, 0.717) is 0 Å². The fraction of sp³-hybridized carbons (Fsp3) is 0.650. The Hall–Kier alpha value is 8.92. The molecule has 136 heavy (non-hydrogen) atoms. The summed E-state index contributed by atoms with van der Waals surface area (Å²) < 4.78 is 577. The number of hydrogen-bond acceptors (Lipinski definition) is 52. The smallest absolute Gasteiger partial charge is 0.462 e. The van der Waals surface area contributed by atoms with E-state index in [-0.39, 0.29) is 425 Å². The Morgan fingerprint density at radius 1 is 0.228 bits per heavy atom. The molecule has 0 bridgehead atoms. The minimum atomic E-state index is -6.32. The molecule has 0 radical (unpaired) electrons. The first-order valence-corrected chi connectivity index (χ1v) is 49.1. The van der Waals surface area contributed by atoms with Crippen LogP contribution in [-0.2, 0) is 242 Å². The van der Waals surface area contributed by atoms with E-state index in [1.54, 1.807) is 0 Å². The van der Waals surface area contributed by atoms with Gasteiger partial charge in [-0.05, 0) is 48.5 Å². The van der Waals surface area contributed by atoms with Crippen LogP contribution in [0.1, 0.15) is 12.8 Å². The minimum Gasteiger partial charge on any atom is -0.462 e. The van der Waals surface area contributed by atoms with Crippen molar-refractivity contribution in [1.29, 1.82) is 0 Å². The van der Waals surface area contributed by atoms with Gasteiger partial charge in [0.1, 0.15) is 84.7 Å². The van der Waals surface area contributed by atoms with Crippen molar-refractivity contribution >= 4 is 169 Å². The van der Waals surface area contributed by atoms with Gasteiger partial charge in [0.25, 0.3) is 0 Å². The van der Waals surface area contributed by atoms with E-state index in [1.165, 1.54) is 0 Å². The second kappa shape index (κ2) is 67.4. The topological polar surface area (TPSA) is 1020 Å². The first-order valence-electron chi connectivity index (χ1n) is 30.0. The molecule has 0 aromatic heterocycles. The second-order valence-corrected chi connectivity index (χ2v) is 37.8. The van der Waals surface area contributed by atoms with E-state index in [9.17, 15) is 191 Å². The van der Waals surface area contributed by atoms with Gasteiger partial charge in [0, 0.05) is 24.2 Å². The SMILES string of the molecule is O=C(CCC(=O)Nc1ccc(O[C@@H]2O[C@H](COS(=O)(=O)O)[C@@H](O[C@H]3O[C@H](COS(=O)(=O)O)[C@@H](OS(=O)(=O)O)[C@H](OS(=O)(=O)O)[C@H]3OS(=O)(=O)O)[C@H](OS(=O)(=O)O)[C@H]2OS(=O)(=O)O)cc1)Nc1ccc(O[C@@H]2O[C@H](COS(=O)(=O)O)[C@@H](O[C@H]3O[C@H](COS(=O)(=O)O)[C@@H](OS(=O)(=O)O)[C@H](OS(=O)(=O)O)[C@H]3OS(=O)(=O)O)[C@H](OS(=O)(=O)O)[C@H]2OS(=O)(=O)O)cc1.[Na+].[Na+].[Na+].[Na+].[Na+].[Na+].[Na+].[Na+].[Na+].[Na+].[Na+].[Na+].[Na+].[Na+]. The monoisotopic (exact) mass is 2390 g/mol. The predicted molar refractivity (Wildman–Crippen MR) is 359 cm³/mol. The summed E-state index contributed by atoms with van der Waals surface area (Å²) in [4.78, 5) is 26.3. The number of hydrogen-bond donors (Lipinski definition) is 16. The zero-order chi connectivity index (χ0) is 92.9. The summed E-state index contributed by atoms with van der Waals surface area (Å²) in [5, 5.41) is 4.45. The Bertz CT molecular complexity index is 5470. The molecule has 706 valence electrons. The molecule has 4 saturated heterocycles. The molecule has 4 fully saturated rings. The number of carbonyl (C=O) groups excluding carboxylic acids is 2. The van der Waals surface area contributed by atoms with Gasteiger partial charge in [-0.1, -0.05) is 0 Å². The van der Waals surface area contributed by atoms with Gasteiger partial charge in [0.05, 0.1) is 26.4 Å². The fourth-order valence-corrected chi connectivity index (χ4v) is 16.5. The summed E-state index contributed by atoms with van der Waals surface area (Å²) in [5.41, 5.74) is -0.619. The Morgan fingerprint density at radius 2 is 0.390 bits per heavy atom. The van der Waals surface area contributed by atoms with Crippen LogP contribution in [-0.4, -0.2) is 343 Å². The van der Waals surface area contributed by atoms with Gasteiger partial charge in [0.15, 0.2) is 37.0 Å². The Balaban J connectivity index is -0.00000165. The van der Waals surface area contributed by atoms with Crippen LogP contribution in [0.25, 0.3) is 0 Å². The van der Waals surface area contributed by atoms with Crippen molar-refractivity contribution < 1.29 is 701 Å². The third-order valence-corrected chi connectivity index (χ3v) is 20.5. The molecule has 2 aromatic carbocycles.